The number of halogens is 3. The third-order valence-corrected chi connectivity index (χ3v) is 6.83. The van der Waals surface area contributed by atoms with E-state index >= 15 is 0 Å². The normalized spacial score (nSPS) is 15.0. The monoisotopic (exact) mass is 553 g/mol. The van der Waals surface area contributed by atoms with Crippen LogP contribution in [-0.4, -0.2) is 50.9 Å². The summed E-state index contributed by atoms with van der Waals surface area (Å²) < 4.78 is 20.7. The molecule has 1 saturated heterocycles. The molecule has 5 rings (SSSR count). The van der Waals surface area contributed by atoms with Crippen molar-refractivity contribution in [2.75, 3.05) is 13.1 Å². The summed E-state index contributed by atoms with van der Waals surface area (Å²) in [5.41, 5.74) is 1.88. The van der Waals surface area contributed by atoms with E-state index in [0.717, 1.165) is 0 Å². The maximum atomic E-state index is 13.8. The molecule has 1 N–H and O–H groups in total. The van der Waals surface area contributed by atoms with Crippen LogP contribution < -0.4 is 4.74 Å². The number of carbonyl (C=O) groups excluding carboxylic acids is 1. The fraction of sp³-hybridized carbons (Fsp3) is 0.179. The molecule has 1 amide bonds. The van der Waals surface area contributed by atoms with Gasteiger partial charge in [0, 0.05) is 29.1 Å². The average molecular weight is 554 g/mol. The fourth-order valence-electron chi connectivity index (χ4n) is 4.51. The van der Waals surface area contributed by atoms with E-state index in [1.165, 1.54) is 28.9 Å². The molecule has 1 fully saturated rings. The number of carbonyl (C=O) groups is 2. The summed E-state index contributed by atoms with van der Waals surface area (Å²) in [7, 11) is 0. The van der Waals surface area contributed by atoms with E-state index in [-0.39, 0.29) is 29.7 Å². The number of hydrogen-bond donors (Lipinski definition) is 1. The van der Waals surface area contributed by atoms with E-state index in [1.807, 2.05) is 0 Å². The van der Waals surface area contributed by atoms with Gasteiger partial charge in [0.05, 0.1) is 29.4 Å². The number of ether oxygens (including phenoxy) is 1. The lowest BCUT2D eigenvalue weighted by atomic mass is 10.0. The lowest BCUT2D eigenvalue weighted by Gasteiger charge is -2.17. The van der Waals surface area contributed by atoms with E-state index in [1.54, 1.807) is 53.4 Å². The second-order valence-corrected chi connectivity index (χ2v) is 9.69. The number of aromatic nitrogens is 2. The summed E-state index contributed by atoms with van der Waals surface area (Å²) >= 11 is 12.6. The number of nitrogens with zero attached hydrogens (tertiary/aromatic N) is 3. The smallest absolute Gasteiger partial charge is 0.307 e. The van der Waals surface area contributed by atoms with Crippen LogP contribution in [0.5, 0.6) is 5.75 Å². The molecule has 1 aliphatic heterocycles. The second kappa shape index (κ2) is 10.8. The number of carboxylic acids is 1. The van der Waals surface area contributed by atoms with Crippen molar-refractivity contribution in [2.24, 2.45) is 0 Å². The molecule has 10 heteroatoms. The number of amides is 1. The molecule has 7 nitrogen and oxygen atoms in total. The number of hydrogen-bond acceptors (Lipinski definition) is 4. The summed E-state index contributed by atoms with van der Waals surface area (Å²) in [5, 5.41) is 15.3. The summed E-state index contributed by atoms with van der Waals surface area (Å²) in [6, 6.07) is 19.5. The Kier molecular flexibility index (Phi) is 7.35. The summed E-state index contributed by atoms with van der Waals surface area (Å²) in [6.07, 6.45) is -0.159. The molecule has 1 aromatic heterocycles. The minimum absolute atomic E-state index is 0.0275. The molecule has 0 aliphatic carbocycles. The zero-order valence-corrected chi connectivity index (χ0v) is 21.5. The van der Waals surface area contributed by atoms with Crippen molar-refractivity contribution in [3.63, 3.8) is 0 Å². The van der Waals surface area contributed by atoms with Gasteiger partial charge < -0.3 is 14.7 Å². The van der Waals surface area contributed by atoms with Crippen LogP contribution in [0.4, 0.5) is 4.39 Å². The van der Waals surface area contributed by atoms with Crippen molar-refractivity contribution in [3.05, 3.63) is 99.9 Å². The van der Waals surface area contributed by atoms with E-state index in [4.69, 9.17) is 27.9 Å². The number of rotatable bonds is 7. The highest BCUT2D eigenvalue weighted by Crippen LogP contribution is 2.34. The Hall–Kier alpha value is -3.88. The van der Waals surface area contributed by atoms with Crippen LogP contribution in [-0.2, 0) is 11.2 Å². The predicted molar refractivity (Wildman–Crippen MR) is 142 cm³/mol. The first-order valence-corrected chi connectivity index (χ1v) is 12.6. The maximum absolute atomic E-state index is 13.8. The van der Waals surface area contributed by atoms with Crippen LogP contribution in [0, 0.1) is 5.82 Å². The average Bonchev–Trinajstić information content (AvgIpc) is 3.51. The van der Waals surface area contributed by atoms with Gasteiger partial charge in [-0.25, -0.2) is 9.07 Å². The SMILES string of the molecule is O=C(O)Cc1c(C(=O)N2CCC(Oc3ccc(F)cc3)C2)nn(-c2ccccc2Cl)c1-c1ccc(Cl)cc1. The summed E-state index contributed by atoms with van der Waals surface area (Å²) in [4.78, 5) is 27.3. The molecule has 1 unspecified atom stereocenters. The van der Waals surface area contributed by atoms with Crippen molar-refractivity contribution in [1.29, 1.82) is 0 Å². The molecule has 194 valence electrons. The highest BCUT2D eigenvalue weighted by molar-refractivity contribution is 6.32. The molecule has 38 heavy (non-hydrogen) atoms. The number of carboxylic acid groups (broad SMARTS) is 1. The summed E-state index contributed by atoms with van der Waals surface area (Å²) in [5.74, 6) is -1.37. The van der Waals surface area contributed by atoms with Crippen molar-refractivity contribution in [3.8, 4) is 22.7 Å². The van der Waals surface area contributed by atoms with Gasteiger partial charge in [0.2, 0.25) is 0 Å². The third kappa shape index (κ3) is 5.37. The predicted octanol–water partition coefficient (Wildman–Crippen LogP) is 5.91. The number of likely N-dealkylation sites (tertiary alicyclic amines) is 1. The molecule has 0 saturated carbocycles. The molecular formula is C28H22Cl2FN3O4. The number of aliphatic carboxylic acids is 1. The van der Waals surface area contributed by atoms with Gasteiger partial charge in [-0.3, -0.25) is 9.59 Å². The van der Waals surface area contributed by atoms with Crippen LogP contribution in [0.2, 0.25) is 10.0 Å². The first-order valence-electron chi connectivity index (χ1n) is 11.9. The van der Waals surface area contributed by atoms with Crippen LogP contribution in [0.1, 0.15) is 22.5 Å². The highest BCUT2D eigenvalue weighted by Gasteiger charge is 2.34. The zero-order valence-electron chi connectivity index (χ0n) is 20.0. The molecule has 1 aliphatic rings. The van der Waals surface area contributed by atoms with Crippen molar-refractivity contribution < 1.29 is 23.8 Å². The van der Waals surface area contributed by atoms with Gasteiger partial charge in [-0.05, 0) is 48.5 Å². The van der Waals surface area contributed by atoms with Gasteiger partial charge in [-0.1, -0.05) is 47.5 Å². The highest BCUT2D eigenvalue weighted by atomic mass is 35.5. The molecule has 4 aromatic rings. The molecule has 3 aromatic carbocycles. The first-order chi connectivity index (χ1) is 18.3. The topological polar surface area (TPSA) is 84.7 Å². The van der Waals surface area contributed by atoms with E-state index in [0.29, 0.717) is 45.7 Å². The fourth-order valence-corrected chi connectivity index (χ4v) is 4.85. The first kappa shape index (κ1) is 25.8. The Morgan fingerprint density at radius 1 is 1.03 bits per heavy atom. The van der Waals surface area contributed by atoms with Crippen LogP contribution in [0.3, 0.4) is 0 Å². The maximum Gasteiger partial charge on any atom is 0.307 e. The van der Waals surface area contributed by atoms with Crippen molar-refractivity contribution in [1.82, 2.24) is 14.7 Å². The Morgan fingerprint density at radius 2 is 1.74 bits per heavy atom. The Bertz CT molecular complexity index is 1490. The molecule has 0 bridgehead atoms. The molecule has 0 radical (unpaired) electrons. The zero-order chi connectivity index (χ0) is 26.8. The Labute approximate surface area is 228 Å². The minimum Gasteiger partial charge on any atom is -0.489 e. The molecular weight excluding hydrogens is 532 g/mol. The van der Waals surface area contributed by atoms with E-state index in [2.05, 4.69) is 5.10 Å². The van der Waals surface area contributed by atoms with Gasteiger partial charge in [-0.15, -0.1) is 0 Å². The molecule has 0 spiro atoms. The van der Waals surface area contributed by atoms with Gasteiger partial charge >= 0.3 is 5.97 Å². The largest absolute Gasteiger partial charge is 0.489 e. The Morgan fingerprint density at radius 3 is 2.42 bits per heavy atom. The second-order valence-electron chi connectivity index (χ2n) is 8.85. The minimum atomic E-state index is -1.10. The van der Waals surface area contributed by atoms with Gasteiger partial charge in [-0.2, -0.15) is 5.10 Å². The van der Waals surface area contributed by atoms with Gasteiger partial charge in [0.1, 0.15) is 17.7 Å². The Balaban J connectivity index is 1.54. The van der Waals surface area contributed by atoms with Crippen LogP contribution >= 0.6 is 23.2 Å². The van der Waals surface area contributed by atoms with Crippen LogP contribution in [0.15, 0.2) is 72.8 Å². The lowest BCUT2D eigenvalue weighted by molar-refractivity contribution is -0.136. The van der Waals surface area contributed by atoms with Crippen molar-refractivity contribution in [2.45, 2.75) is 18.9 Å². The van der Waals surface area contributed by atoms with E-state index < -0.39 is 18.3 Å². The third-order valence-electron chi connectivity index (χ3n) is 6.26. The molecule has 1 atom stereocenters. The quantitative estimate of drug-likeness (QED) is 0.307. The lowest BCUT2D eigenvalue weighted by Crippen LogP contribution is -2.32. The van der Waals surface area contributed by atoms with Crippen LogP contribution in [0.25, 0.3) is 16.9 Å². The number of para-hydroxylation sites is 1. The van der Waals surface area contributed by atoms with E-state index in [9.17, 15) is 19.1 Å². The number of benzene rings is 3. The summed E-state index contributed by atoms with van der Waals surface area (Å²) in [6.45, 7) is 0.671. The van der Waals surface area contributed by atoms with Gasteiger partial charge in [0.15, 0.2) is 5.69 Å². The molecule has 2 heterocycles. The van der Waals surface area contributed by atoms with Gasteiger partial charge in [0.25, 0.3) is 5.91 Å². The standard InChI is InChI=1S/C28H22Cl2FN3O4/c29-18-7-5-17(6-8-18)27-22(15-25(35)36)26(32-34(27)24-4-2-1-3-23(24)30)28(37)33-14-13-21(16-33)38-20-11-9-19(31)10-12-20/h1-12,21H,13-16H2,(H,35,36). The van der Waals surface area contributed by atoms with Crippen molar-refractivity contribution >= 4 is 35.1 Å².